The Morgan fingerprint density at radius 3 is 2.68 bits per heavy atom. The molecule has 1 fully saturated rings. The minimum Gasteiger partial charge on any atom is -0.379 e. The summed E-state index contributed by atoms with van der Waals surface area (Å²) in [4.78, 5) is 3.94. The SMILES string of the molecule is CC(C)c1cnc(NC2CCOC2)c(C(F)(F)F)c1. The zero-order valence-corrected chi connectivity index (χ0v) is 10.9. The summed E-state index contributed by atoms with van der Waals surface area (Å²) in [6.45, 7) is 4.68. The van der Waals surface area contributed by atoms with Gasteiger partial charge in [0.15, 0.2) is 0 Å². The zero-order valence-electron chi connectivity index (χ0n) is 10.9. The first-order valence-electron chi connectivity index (χ1n) is 6.29. The Labute approximate surface area is 110 Å². The number of aromatic nitrogens is 1. The molecule has 0 spiro atoms. The van der Waals surface area contributed by atoms with Gasteiger partial charge in [0.05, 0.1) is 18.2 Å². The lowest BCUT2D eigenvalue weighted by molar-refractivity contribution is -0.137. The van der Waals surface area contributed by atoms with E-state index in [4.69, 9.17) is 4.74 Å². The molecule has 1 aromatic heterocycles. The van der Waals surface area contributed by atoms with Crippen molar-refractivity contribution in [2.45, 2.75) is 38.4 Å². The lowest BCUT2D eigenvalue weighted by Crippen LogP contribution is -2.23. The number of alkyl halides is 3. The van der Waals surface area contributed by atoms with E-state index < -0.39 is 11.7 Å². The first-order valence-corrected chi connectivity index (χ1v) is 6.29. The average Bonchev–Trinajstić information content (AvgIpc) is 2.80. The van der Waals surface area contributed by atoms with Crippen LogP contribution in [0.15, 0.2) is 12.3 Å². The number of rotatable bonds is 3. The van der Waals surface area contributed by atoms with Gasteiger partial charge in [0.25, 0.3) is 0 Å². The second-order valence-electron chi connectivity index (χ2n) is 5.02. The highest BCUT2D eigenvalue weighted by Gasteiger charge is 2.35. The molecular weight excluding hydrogens is 257 g/mol. The Morgan fingerprint density at radius 2 is 2.16 bits per heavy atom. The van der Waals surface area contributed by atoms with E-state index in [0.717, 1.165) is 0 Å². The average molecular weight is 274 g/mol. The highest BCUT2D eigenvalue weighted by molar-refractivity contribution is 5.48. The van der Waals surface area contributed by atoms with E-state index in [1.165, 1.54) is 12.3 Å². The molecule has 0 amide bonds. The van der Waals surface area contributed by atoms with Crippen LogP contribution in [0.1, 0.15) is 37.3 Å². The number of ether oxygens (including phenoxy) is 1. The Bertz CT molecular complexity index is 440. The van der Waals surface area contributed by atoms with Crippen molar-refractivity contribution in [2.24, 2.45) is 0 Å². The van der Waals surface area contributed by atoms with Gasteiger partial charge in [-0.2, -0.15) is 13.2 Å². The van der Waals surface area contributed by atoms with Gasteiger partial charge in [-0.25, -0.2) is 4.98 Å². The summed E-state index contributed by atoms with van der Waals surface area (Å²) >= 11 is 0. The van der Waals surface area contributed by atoms with Gasteiger partial charge in [0.1, 0.15) is 5.82 Å². The largest absolute Gasteiger partial charge is 0.419 e. The molecule has 0 radical (unpaired) electrons. The summed E-state index contributed by atoms with van der Waals surface area (Å²) in [6, 6.07) is 1.08. The summed E-state index contributed by atoms with van der Waals surface area (Å²) in [7, 11) is 0. The fourth-order valence-electron chi connectivity index (χ4n) is 1.97. The van der Waals surface area contributed by atoms with Crippen LogP contribution in [0.3, 0.4) is 0 Å². The normalized spacial score (nSPS) is 20.0. The molecule has 1 aliphatic heterocycles. The van der Waals surface area contributed by atoms with E-state index >= 15 is 0 Å². The van der Waals surface area contributed by atoms with Crippen LogP contribution in [0.2, 0.25) is 0 Å². The standard InChI is InChI=1S/C13H17F3N2O/c1-8(2)9-5-11(13(14,15)16)12(17-6-9)18-10-3-4-19-7-10/h5-6,8,10H,3-4,7H2,1-2H3,(H,17,18). The molecule has 1 unspecified atom stereocenters. The van der Waals surface area contributed by atoms with E-state index in [9.17, 15) is 13.2 Å². The van der Waals surface area contributed by atoms with E-state index in [1.807, 2.05) is 13.8 Å². The van der Waals surface area contributed by atoms with Crippen molar-refractivity contribution in [2.75, 3.05) is 18.5 Å². The predicted octanol–water partition coefficient (Wildman–Crippen LogP) is 3.42. The zero-order chi connectivity index (χ0) is 14.0. The van der Waals surface area contributed by atoms with Gasteiger partial charge < -0.3 is 10.1 Å². The molecule has 0 aromatic carbocycles. The highest BCUT2D eigenvalue weighted by atomic mass is 19.4. The molecule has 1 N–H and O–H groups in total. The van der Waals surface area contributed by atoms with Gasteiger partial charge >= 0.3 is 6.18 Å². The maximum absolute atomic E-state index is 13.1. The Morgan fingerprint density at radius 1 is 1.42 bits per heavy atom. The molecule has 1 aliphatic rings. The number of nitrogens with zero attached hydrogens (tertiary/aromatic N) is 1. The second kappa shape index (κ2) is 5.36. The number of nitrogens with one attached hydrogen (secondary N) is 1. The maximum atomic E-state index is 13.1. The molecule has 2 heterocycles. The van der Waals surface area contributed by atoms with Crippen molar-refractivity contribution in [1.82, 2.24) is 4.98 Å². The first kappa shape index (κ1) is 14.1. The fourth-order valence-corrected chi connectivity index (χ4v) is 1.97. The monoisotopic (exact) mass is 274 g/mol. The summed E-state index contributed by atoms with van der Waals surface area (Å²) < 4.78 is 44.3. The van der Waals surface area contributed by atoms with Crippen LogP contribution in [-0.2, 0) is 10.9 Å². The minimum atomic E-state index is -4.40. The Hall–Kier alpha value is -1.30. The molecule has 19 heavy (non-hydrogen) atoms. The first-order chi connectivity index (χ1) is 8.88. The van der Waals surface area contributed by atoms with Gasteiger partial charge in [-0.15, -0.1) is 0 Å². The third kappa shape index (κ3) is 3.37. The van der Waals surface area contributed by atoms with Gasteiger partial charge in [0, 0.05) is 12.8 Å². The number of hydrogen-bond donors (Lipinski definition) is 1. The third-order valence-corrected chi connectivity index (χ3v) is 3.15. The molecule has 1 aromatic rings. The topological polar surface area (TPSA) is 34.2 Å². The molecule has 0 aliphatic carbocycles. The van der Waals surface area contributed by atoms with Crippen LogP contribution in [-0.4, -0.2) is 24.2 Å². The molecule has 0 bridgehead atoms. The lowest BCUT2D eigenvalue weighted by Gasteiger charge is -2.18. The maximum Gasteiger partial charge on any atom is 0.419 e. The van der Waals surface area contributed by atoms with Gasteiger partial charge in [-0.05, 0) is 24.0 Å². The van der Waals surface area contributed by atoms with Crippen molar-refractivity contribution >= 4 is 5.82 Å². The van der Waals surface area contributed by atoms with Gasteiger partial charge in [0.2, 0.25) is 0 Å². The van der Waals surface area contributed by atoms with Crippen molar-refractivity contribution in [1.29, 1.82) is 0 Å². The summed E-state index contributed by atoms with van der Waals surface area (Å²) in [5.41, 5.74) is -0.119. The number of hydrogen-bond acceptors (Lipinski definition) is 3. The summed E-state index contributed by atoms with van der Waals surface area (Å²) in [5.74, 6) is -0.0927. The van der Waals surface area contributed by atoms with Crippen LogP contribution in [0.5, 0.6) is 0 Å². The van der Waals surface area contributed by atoms with Crippen molar-refractivity contribution in [3.63, 3.8) is 0 Å². The molecule has 6 heteroatoms. The Balaban J connectivity index is 2.30. The van der Waals surface area contributed by atoms with Gasteiger partial charge in [-0.1, -0.05) is 13.8 Å². The second-order valence-corrected chi connectivity index (χ2v) is 5.02. The van der Waals surface area contributed by atoms with Gasteiger partial charge in [-0.3, -0.25) is 0 Å². The molecule has 106 valence electrons. The molecule has 0 saturated carbocycles. The van der Waals surface area contributed by atoms with E-state index in [2.05, 4.69) is 10.3 Å². The van der Waals surface area contributed by atoms with E-state index in [-0.39, 0.29) is 17.8 Å². The number of anilines is 1. The summed E-state index contributed by atoms with van der Waals surface area (Å²) in [6.07, 6.45) is -2.21. The molecule has 1 atom stereocenters. The van der Waals surface area contributed by atoms with Crippen molar-refractivity contribution < 1.29 is 17.9 Å². The van der Waals surface area contributed by atoms with E-state index in [1.54, 1.807) is 0 Å². The molecule has 3 nitrogen and oxygen atoms in total. The van der Waals surface area contributed by atoms with Crippen LogP contribution in [0, 0.1) is 0 Å². The Kier molecular flexibility index (Phi) is 3.99. The van der Waals surface area contributed by atoms with Crippen molar-refractivity contribution in [3.05, 3.63) is 23.4 Å². The minimum absolute atomic E-state index is 0.0115. The predicted molar refractivity (Wildman–Crippen MR) is 66.2 cm³/mol. The van der Waals surface area contributed by atoms with Crippen LogP contribution in [0.25, 0.3) is 0 Å². The smallest absolute Gasteiger partial charge is 0.379 e. The third-order valence-electron chi connectivity index (χ3n) is 3.15. The number of pyridine rings is 1. The van der Waals surface area contributed by atoms with Crippen LogP contribution < -0.4 is 5.32 Å². The molecule has 1 saturated heterocycles. The lowest BCUT2D eigenvalue weighted by atomic mass is 10.0. The quantitative estimate of drug-likeness (QED) is 0.917. The van der Waals surface area contributed by atoms with E-state index in [0.29, 0.717) is 25.2 Å². The molecular formula is C13H17F3N2O. The number of halogens is 3. The highest BCUT2D eigenvalue weighted by Crippen LogP contribution is 2.36. The van der Waals surface area contributed by atoms with Crippen LogP contribution >= 0.6 is 0 Å². The summed E-state index contributed by atoms with van der Waals surface area (Å²) in [5, 5.41) is 2.83. The molecule has 2 rings (SSSR count). The van der Waals surface area contributed by atoms with Crippen molar-refractivity contribution in [3.8, 4) is 0 Å². The van der Waals surface area contributed by atoms with Crippen LogP contribution in [0.4, 0.5) is 19.0 Å². The fraction of sp³-hybridized carbons (Fsp3) is 0.615.